The molecular formula is C22H24N4O. The highest BCUT2D eigenvalue weighted by atomic mass is 16.3. The molecule has 138 valence electrons. The maximum absolute atomic E-state index is 11.1. The Labute approximate surface area is 159 Å². The van der Waals surface area contributed by atoms with Gasteiger partial charge in [0.1, 0.15) is 0 Å². The third-order valence-corrected chi connectivity index (χ3v) is 5.52. The molecule has 27 heavy (non-hydrogen) atoms. The molecule has 1 aromatic carbocycles. The van der Waals surface area contributed by atoms with Crippen molar-refractivity contribution < 1.29 is 5.11 Å². The first kappa shape index (κ1) is 17.7. The van der Waals surface area contributed by atoms with Crippen LogP contribution in [0.5, 0.6) is 0 Å². The molecule has 3 heterocycles. The third-order valence-electron chi connectivity index (χ3n) is 5.52. The summed E-state index contributed by atoms with van der Waals surface area (Å²) < 4.78 is 2.12. The van der Waals surface area contributed by atoms with Crippen LogP contribution in [0.2, 0.25) is 0 Å². The van der Waals surface area contributed by atoms with Crippen molar-refractivity contribution in [2.75, 3.05) is 19.6 Å². The van der Waals surface area contributed by atoms with Crippen molar-refractivity contribution >= 4 is 10.9 Å². The Balaban J connectivity index is 1.77. The number of rotatable bonds is 4. The smallest absolute Gasteiger partial charge is 0.0991 e. The molecular weight excluding hydrogens is 336 g/mol. The van der Waals surface area contributed by atoms with Gasteiger partial charge in [-0.3, -0.25) is 4.98 Å². The zero-order valence-corrected chi connectivity index (χ0v) is 15.6. The van der Waals surface area contributed by atoms with E-state index in [0.29, 0.717) is 12.1 Å². The first-order chi connectivity index (χ1) is 13.2. The monoisotopic (exact) mass is 360 g/mol. The summed E-state index contributed by atoms with van der Waals surface area (Å²) in [4.78, 5) is 6.66. The summed E-state index contributed by atoms with van der Waals surface area (Å²) in [6.45, 7) is 4.83. The zero-order chi connectivity index (χ0) is 18.8. The van der Waals surface area contributed by atoms with Gasteiger partial charge in [0.05, 0.1) is 29.5 Å². The molecule has 0 bridgehead atoms. The average molecular weight is 360 g/mol. The van der Waals surface area contributed by atoms with E-state index in [1.54, 1.807) is 6.20 Å². The molecule has 2 aromatic heterocycles. The van der Waals surface area contributed by atoms with E-state index < -0.39 is 6.10 Å². The molecule has 4 rings (SSSR count). The number of hydrogen-bond donors (Lipinski definition) is 1. The largest absolute Gasteiger partial charge is 0.387 e. The van der Waals surface area contributed by atoms with Gasteiger partial charge in [0.15, 0.2) is 0 Å². The number of fused-ring (bicyclic) bond motifs is 1. The molecule has 0 spiro atoms. The van der Waals surface area contributed by atoms with Crippen LogP contribution in [-0.2, 0) is 0 Å². The van der Waals surface area contributed by atoms with E-state index in [9.17, 15) is 5.11 Å². The Morgan fingerprint density at radius 1 is 1.15 bits per heavy atom. The van der Waals surface area contributed by atoms with E-state index in [1.807, 2.05) is 43.5 Å². The van der Waals surface area contributed by atoms with Gasteiger partial charge in [0.2, 0.25) is 0 Å². The van der Waals surface area contributed by atoms with Gasteiger partial charge in [-0.1, -0.05) is 6.42 Å². The lowest BCUT2D eigenvalue weighted by Crippen LogP contribution is -2.33. The van der Waals surface area contributed by atoms with Gasteiger partial charge in [-0.2, -0.15) is 5.26 Å². The lowest BCUT2D eigenvalue weighted by Gasteiger charge is -2.28. The standard InChI is InChI=1S/C22H24N4O/c1-16-22(21(27)15-25-11-3-2-4-12-25)19-9-10-24-14-20(19)26(16)18-7-5-17(13-23)6-8-18/h5-10,14,21,27H,2-4,11-12,15H2,1H3. The Morgan fingerprint density at radius 2 is 1.89 bits per heavy atom. The molecule has 0 saturated carbocycles. The first-order valence-corrected chi connectivity index (χ1v) is 9.55. The molecule has 5 heteroatoms. The Hall–Kier alpha value is -2.68. The Kier molecular flexibility index (Phi) is 4.93. The maximum Gasteiger partial charge on any atom is 0.0991 e. The van der Waals surface area contributed by atoms with Gasteiger partial charge in [-0.05, 0) is 63.2 Å². The van der Waals surface area contributed by atoms with Gasteiger partial charge in [-0.25, -0.2) is 0 Å². The minimum Gasteiger partial charge on any atom is -0.387 e. The molecule has 1 aliphatic heterocycles. The number of aromatic nitrogens is 2. The fraction of sp³-hybridized carbons (Fsp3) is 0.364. The van der Waals surface area contributed by atoms with Crippen molar-refractivity contribution in [2.45, 2.75) is 32.3 Å². The molecule has 3 aromatic rings. The van der Waals surface area contributed by atoms with E-state index in [4.69, 9.17) is 5.26 Å². The zero-order valence-electron chi connectivity index (χ0n) is 15.6. The van der Waals surface area contributed by atoms with Crippen LogP contribution in [0.3, 0.4) is 0 Å². The van der Waals surface area contributed by atoms with Gasteiger partial charge in [0.25, 0.3) is 0 Å². The van der Waals surface area contributed by atoms with E-state index in [2.05, 4.69) is 20.5 Å². The fourth-order valence-corrected chi connectivity index (χ4v) is 4.20. The van der Waals surface area contributed by atoms with Gasteiger partial charge < -0.3 is 14.6 Å². The second-order valence-corrected chi connectivity index (χ2v) is 7.26. The lowest BCUT2D eigenvalue weighted by molar-refractivity contribution is 0.102. The highest BCUT2D eigenvalue weighted by Gasteiger charge is 2.23. The summed E-state index contributed by atoms with van der Waals surface area (Å²) in [5.41, 5.74) is 4.58. The number of nitriles is 1. The third kappa shape index (κ3) is 3.34. The van der Waals surface area contributed by atoms with Crippen LogP contribution in [0.15, 0.2) is 42.7 Å². The number of aliphatic hydroxyl groups is 1. The summed E-state index contributed by atoms with van der Waals surface area (Å²) in [5, 5.41) is 21.2. The minimum atomic E-state index is -0.535. The predicted octanol–water partition coefficient (Wildman–Crippen LogP) is 3.72. The number of nitrogens with zero attached hydrogens (tertiary/aromatic N) is 4. The lowest BCUT2D eigenvalue weighted by atomic mass is 10.0. The Bertz CT molecular complexity index is 978. The molecule has 1 aliphatic rings. The summed E-state index contributed by atoms with van der Waals surface area (Å²) >= 11 is 0. The molecule has 1 atom stereocenters. The number of aliphatic hydroxyl groups excluding tert-OH is 1. The number of likely N-dealkylation sites (tertiary alicyclic amines) is 1. The van der Waals surface area contributed by atoms with Crippen LogP contribution in [-0.4, -0.2) is 39.2 Å². The van der Waals surface area contributed by atoms with Crippen molar-refractivity contribution in [3.63, 3.8) is 0 Å². The van der Waals surface area contributed by atoms with Crippen LogP contribution in [0.4, 0.5) is 0 Å². The van der Waals surface area contributed by atoms with Crippen LogP contribution < -0.4 is 0 Å². The van der Waals surface area contributed by atoms with Gasteiger partial charge >= 0.3 is 0 Å². The number of pyridine rings is 1. The van der Waals surface area contributed by atoms with Crippen LogP contribution >= 0.6 is 0 Å². The van der Waals surface area contributed by atoms with E-state index in [0.717, 1.165) is 40.9 Å². The molecule has 0 radical (unpaired) electrons. The number of piperidine rings is 1. The normalized spacial score (nSPS) is 16.3. The van der Waals surface area contributed by atoms with Crippen LogP contribution in [0, 0.1) is 18.3 Å². The minimum absolute atomic E-state index is 0.535. The Morgan fingerprint density at radius 3 is 2.59 bits per heavy atom. The molecule has 1 unspecified atom stereocenters. The van der Waals surface area contributed by atoms with Crippen molar-refractivity contribution in [3.05, 3.63) is 59.5 Å². The summed E-state index contributed by atoms with van der Waals surface area (Å²) in [5.74, 6) is 0. The second kappa shape index (κ2) is 7.51. The quantitative estimate of drug-likeness (QED) is 0.770. The van der Waals surface area contributed by atoms with Crippen molar-refractivity contribution in [2.24, 2.45) is 0 Å². The van der Waals surface area contributed by atoms with Crippen molar-refractivity contribution in [1.82, 2.24) is 14.5 Å². The summed E-state index contributed by atoms with van der Waals surface area (Å²) in [7, 11) is 0. The predicted molar refractivity (Wildman–Crippen MR) is 106 cm³/mol. The number of β-amino-alcohol motifs (C(OH)–C–C–N with tert-alkyl or cyclic N) is 1. The van der Waals surface area contributed by atoms with E-state index >= 15 is 0 Å². The first-order valence-electron chi connectivity index (χ1n) is 9.55. The molecule has 0 amide bonds. The average Bonchev–Trinajstić information content (AvgIpc) is 3.00. The van der Waals surface area contributed by atoms with Crippen molar-refractivity contribution in [3.8, 4) is 11.8 Å². The maximum atomic E-state index is 11.1. The molecule has 1 N–H and O–H groups in total. The molecule has 5 nitrogen and oxygen atoms in total. The number of benzene rings is 1. The topological polar surface area (TPSA) is 65.1 Å². The highest BCUT2D eigenvalue weighted by Crippen LogP contribution is 2.33. The number of hydrogen-bond acceptors (Lipinski definition) is 4. The molecule has 0 aliphatic carbocycles. The molecule has 1 saturated heterocycles. The van der Waals surface area contributed by atoms with Gasteiger partial charge in [-0.15, -0.1) is 0 Å². The SMILES string of the molecule is Cc1c(C(O)CN2CCCCC2)c2ccncc2n1-c1ccc(C#N)cc1. The summed E-state index contributed by atoms with van der Waals surface area (Å²) in [6.07, 6.45) is 6.80. The highest BCUT2D eigenvalue weighted by molar-refractivity contribution is 5.87. The van der Waals surface area contributed by atoms with Crippen LogP contribution in [0.1, 0.15) is 42.2 Å². The summed E-state index contributed by atoms with van der Waals surface area (Å²) in [6, 6.07) is 11.7. The van der Waals surface area contributed by atoms with E-state index in [1.165, 1.54) is 19.3 Å². The van der Waals surface area contributed by atoms with E-state index in [-0.39, 0.29) is 0 Å². The molecule has 1 fully saturated rings. The fourth-order valence-electron chi connectivity index (χ4n) is 4.20. The van der Waals surface area contributed by atoms with Gasteiger partial charge in [0, 0.05) is 35.1 Å². The van der Waals surface area contributed by atoms with Crippen LogP contribution in [0.25, 0.3) is 16.6 Å². The second-order valence-electron chi connectivity index (χ2n) is 7.26. The van der Waals surface area contributed by atoms with Crippen molar-refractivity contribution in [1.29, 1.82) is 5.26 Å².